The summed E-state index contributed by atoms with van der Waals surface area (Å²) in [5, 5.41) is 0. The molecule has 0 aliphatic heterocycles. The molecule has 1 amide bonds. The lowest BCUT2D eigenvalue weighted by atomic mass is 10.1. The largest absolute Gasteiger partial charge is 0.490 e. The zero-order chi connectivity index (χ0) is 15.8. The van der Waals surface area contributed by atoms with Gasteiger partial charge in [0.1, 0.15) is 0 Å². The number of likely N-dealkylation sites (N-methyl/N-ethyl adjacent to an activating group) is 1. The van der Waals surface area contributed by atoms with Crippen molar-refractivity contribution in [2.45, 2.75) is 34.1 Å². The third kappa shape index (κ3) is 4.92. The molecule has 0 atom stereocenters. The Hall–Kier alpha value is -1.23. The number of hydrogen-bond acceptors (Lipinski definition) is 3. The fraction of sp³-hybridized carbons (Fsp3) is 0.562. The van der Waals surface area contributed by atoms with Gasteiger partial charge in [-0.25, -0.2) is 0 Å². The first-order valence-corrected chi connectivity index (χ1v) is 8.22. The second-order valence-corrected chi connectivity index (χ2v) is 5.35. The van der Waals surface area contributed by atoms with Gasteiger partial charge in [-0.1, -0.05) is 15.9 Å². The lowest BCUT2D eigenvalue weighted by molar-refractivity contribution is -0.130. The smallest absolute Gasteiger partial charge is 0.227 e. The average molecular weight is 358 g/mol. The Kier molecular flexibility index (Phi) is 7.57. The fourth-order valence-electron chi connectivity index (χ4n) is 2.10. The van der Waals surface area contributed by atoms with Gasteiger partial charge in [-0.05, 0) is 45.4 Å². The van der Waals surface area contributed by atoms with Crippen molar-refractivity contribution in [3.8, 4) is 11.5 Å². The van der Waals surface area contributed by atoms with E-state index in [2.05, 4.69) is 15.9 Å². The predicted octanol–water partition coefficient (Wildman–Crippen LogP) is 3.66. The maximum atomic E-state index is 12.2. The van der Waals surface area contributed by atoms with Crippen LogP contribution in [-0.4, -0.2) is 37.1 Å². The van der Waals surface area contributed by atoms with Gasteiger partial charge in [0.25, 0.3) is 0 Å². The number of carbonyl (C=O) groups is 1. The number of carbonyl (C=O) groups excluding carboxylic acids is 1. The number of hydrogen-bond donors (Lipinski definition) is 0. The zero-order valence-electron chi connectivity index (χ0n) is 13.2. The summed E-state index contributed by atoms with van der Waals surface area (Å²) in [6, 6.07) is 3.76. The molecule has 1 aromatic rings. The van der Waals surface area contributed by atoms with Gasteiger partial charge in [0.05, 0.1) is 19.6 Å². The van der Waals surface area contributed by atoms with Gasteiger partial charge in [0, 0.05) is 17.6 Å². The molecule has 0 aromatic heterocycles. The second kappa shape index (κ2) is 8.93. The highest BCUT2D eigenvalue weighted by Gasteiger charge is 2.16. The summed E-state index contributed by atoms with van der Waals surface area (Å²) < 4.78 is 12.0. The summed E-state index contributed by atoms with van der Waals surface area (Å²) in [5.41, 5.74) is 0.916. The molecule has 0 spiro atoms. The number of rotatable bonds is 8. The zero-order valence-corrected chi connectivity index (χ0v) is 14.8. The van der Waals surface area contributed by atoms with Crippen molar-refractivity contribution in [3.63, 3.8) is 0 Å². The summed E-state index contributed by atoms with van der Waals surface area (Å²) in [7, 11) is 0. The van der Waals surface area contributed by atoms with E-state index in [9.17, 15) is 4.79 Å². The summed E-state index contributed by atoms with van der Waals surface area (Å²) in [4.78, 5) is 14.1. The molecule has 0 unspecified atom stereocenters. The normalized spacial score (nSPS) is 10.3. The highest BCUT2D eigenvalue weighted by atomic mass is 79.9. The van der Waals surface area contributed by atoms with Crippen molar-refractivity contribution in [1.82, 2.24) is 4.90 Å². The molecule has 5 heteroatoms. The second-order valence-electron chi connectivity index (χ2n) is 4.50. The third-order valence-electron chi connectivity index (χ3n) is 3.17. The van der Waals surface area contributed by atoms with Crippen LogP contribution in [0, 0.1) is 0 Å². The van der Waals surface area contributed by atoms with Crippen LogP contribution >= 0.6 is 15.9 Å². The molecule has 0 saturated carbocycles. The van der Waals surface area contributed by atoms with Gasteiger partial charge in [-0.15, -0.1) is 0 Å². The van der Waals surface area contributed by atoms with Crippen LogP contribution in [0.2, 0.25) is 0 Å². The maximum Gasteiger partial charge on any atom is 0.227 e. The number of ether oxygens (including phenoxy) is 2. The van der Waals surface area contributed by atoms with Crippen molar-refractivity contribution in [2.24, 2.45) is 0 Å². The van der Waals surface area contributed by atoms with Crippen molar-refractivity contribution in [3.05, 3.63) is 22.2 Å². The van der Waals surface area contributed by atoms with Crippen molar-refractivity contribution in [2.75, 3.05) is 26.3 Å². The van der Waals surface area contributed by atoms with Crippen LogP contribution in [0.25, 0.3) is 0 Å². The first-order chi connectivity index (χ1) is 10.1. The number of nitrogens with zero attached hydrogens (tertiary/aromatic N) is 1. The molecule has 0 heterocycles. The summed E-state index contributed by atoms with van der Waals surface area (Å²) >= 11 is 3.52. The van der Waals surface area contributed by atoms with E-state index in [4.69, 9.17) is 9.47 Å². The summed E-state index contributed by atoms with van der Waals surface area (Å²) in [6.07, 6.45) is 0.356. The van der Waals surface area contributed by atoms with Crippen LogP contribution in [-0.2, 0) is 11.2 Å². The Labute approximate surface area is 135 Å². The SMILES string of the molecule is CCOc1cc(Br)c(CC(=O)N(CC)CC)cc1OCC. The molecule has 21 heavy (non-hydrogen) atoms. The fourth-order valence-corrected chi connectivity index (χ4v) is 2.56. The van der Waals surface area contributed by atoms with Crippen LogP contribution in [0.5, 0.6) is 11.5 Å². The van der Waals surface area contributed by atoms with E-state index in [1.807, 2.05) is 44.7 Å². The summed E-state index contributed by atoms with van der Waals surface area (Å²) in [5.74, 6) is 1.50. The minimum atomic E-state index is 0.118. The monoisotopic (exact) mass is 357 g/mol. The molecule has 1 rings (SSSR count). The molecule has 0 saturated heterocycles. The molecule has 118 valence electrons. The Morgan fingerprint density at radius 1 is 1.05 bits per heavy atom. The van der Waals surface area contributed by atoms with E-state index >= 15 is 0 Å². The quantitative estimate of drug-likeness (QED) is 0.712. The molecule has 0 N–H and O–H groups in total. The van der Waals surface area contributed by atoms with Crippen molar-refractivity contribution < 1.29 is 14.3 Å². The number of amides is 1. The van der Waals surface area contributed by atoms with Gasteiger partial charge >= 0.3 is 0 Å². The number of benzene rings is 1. The molecule has 1 aromatic carbocycles. The van der Waals surface area contributed by atoms with E-state index in [0.29, 0.717) is 31.1 Å². The highest BCUT2D eigenvalue weighted by Crippen LogP contribution is 2.34. The molecule has 0 fully saturated rings. The van der Waals surface area contributed by atoms with E-state index in [1.54, 1.807) is 0 Å². The highest BCUT2D eigenvalue weighted by molar-refractivity contribution is 9.10. The number of halogens is 1. The first-order valence-electron chi connectivity index (χ1n) is 7.43. The van der Waals surface area contributed by atoms with Gasteiger partial charge in [0.15, 0.2) is 11.5 Å². The van der Waals surface area contributed by atoms with Crippen LogP contribution in [0.4, 0.5) is 0 Å². The molecule has 0 aliphatic rings. The average Bonchev–Trinajstić information content (AvgIpc) is 2.45. The van der Waals surface area contributed by atoms with E-state index in [-0.39, 0.29) is 5.91 Å². The molecule has 4 nitrogen and oxygen atoms in total. The van der Waals surface area contributed by atoms with E-state index in [0.717, 1.165) is 23.1 Å². The van der Waals surface area contributed by atoms with E-state index in [1.165, 1.54) is 0 Å². The Bertz CT molecular complexity index is 473. The Morgan fingerprint density at radius 3 is 2.05 bits per heavy atom. The van der Waals surface area contributed by atoms with Gasteiger partial charge < -0.3 is 14.4 Å². The van der Waals surface area contributed by atoms with Crippen LogP contribution in [0.1, 0.15) is 33.3 Å². The maximum absolute atomic E-state index is 12.2. The van der Waals surface area contributed by atoms with Gasteiger partial charge in [-0.3, -0.25) is 4.79 Å². The predicted molar refractivity (Wildman–Crippen MR) is 88.1 cm³/mol. The molecular formula is C16H24BrNO3. The van der Waals surface area contributed by atoms with Crippen LogP contribution in [0.15, 0.2) is 16.6 Å². The van der Waals surface area contributed by atoms with E-state index < -0.39 is 0 Å². The minimum absolute atomic E-state index is 0.118. The topological polar surface area (TPSA) is 38.8 Å². The third-order valence-corrected chi connectivity index (χ3v) is 3.91. The van der Waals surface area contributed by atoms with Crippen LogP contribution < -0.4 is 9.47 Å². The summed E-state index contributed by atoms with van der Waals surface area (Å²) in [6.45, 7) is 10.4. The van der Waals surface area contributed by atoms with Crippen LogP contribution in [0.3, 0.4) is 0 Å². The Morgan fingerprint density at radius 2 is 1.57 bits per heavy atom. The lowest BCUT2D eigenvalue weighted by Gasteiger charge is -2.20. The minimum Gasteiger partial charge on any atom is -0.490 e. The first kappa shape index (κ1) is 17.8. The molecule has 0 aliphatic carbocycles. The standard InChI is InChI=1S/C16H24BrNO3/c1-5-18(6-2)16(19)10-12-9-14(20-7-3)15(21-8-4)11-13(12)17/h9,11H,5-8,10H2,1-4H3. The van der Waals surface area contributed by atoms with Gasteiger partial charge in [-0.2, -0.15) is 0 Å². The molecular weight excluding hydrogens is 334 g/mol. The van der Waals surface area contributed by atoms with Crippen molar-refractivity contribution >= 4 is 21.8 Å². The molecule has 0 bridgehead atoms. The van der Waals surface area contributed by atoms with Gasteiger partial charge in [0.2, 0.25) is 5.91 Å². The lowest BCUT2D eigenvalue weighted by Crippen LogP contribution is -2.31. The molecule has 0 radical (unpaired) electrons. The Balaban J connectivity index is 3.01. The van der Waals surface area contributed by atoms with Crippen molar-refractivity contribution in [1.29, 1.82) is 0 Å².